The second-order valence-electron chi connectivity index (χ2n) is 5.48. The Morgan fingerprint density at radius 3 is 2.80 bits per heavy atom. The molecule has 3 heterocycles. The van der Waals surface area contributed by atoms with Crippen LogP contribution in [0.1, 0.15) is 10.4 Å². The number of benzene rings is 1. The highest BCUT2D eigenvalue weighted by Crippen LogP contribution is 2.17. The van der Waals surface area contributed by atoms with E-state index in [9.17, 15) is 9.59 Å². The number of pyridine rings is 2. The standard InChI is InChI=1S/C18H14N4O3/c23-17(15-12-19-11-13-5-1-2-6-14(13)15)25-10-9-22-18(24)21-8-4-3-7-16(21)20-22/h1-8,11-12H,9-10H2. The van der Waals surface area contributed by atoms with Crippen LogP contribution in [-0.2, 0) is 11.3 Å². The van der Waals surface area contributed by atoms with E-state index in [2.05, 4.69) is 10.1 Å². The molecule has 0 N–H and O–H groups in total. The zero-order valence-corrected chi connectivity index (χ0v) is 13.2. The molecule has 0 unspecified atom stereocenters. The first-order chi connectivity index (χ1) is 12.2. The number of nitrogens with zero attached hydrogens (tertiary/aromatic N) is 4. The number of rotatable bonds is 4. The Hall–Kier alpha value is -3.48. The normalized spacial score (nSPS) is 11.0. The van der Waals surface area contributed by atoms with Crippen molar-refractivity contribution in [3.63, 3.8) is 0 Å². The van der Waals surface area contributed by atoms with E-state index in [1.807, 2.05) is 24.3 Å². The van der Waals surface area contributed by atoms with Gasteiger partial charge in [0.1, 0.15) is 6.61 Å². The second kappa shape index (κ2) is 6.20. The maximum Gasteiger partial charge on any atom is 0.350 e. The lowest BCUT2D eigenvalue weighted by molar-refractivity contribution is 0.0488. The average Bonchev–Trinajstić information content (AvgIpc) is 2.97. The van der Waals surface area contributed by atoms with Crippen molar-refractivity contribution in [3.8, 4) is 0 Å². The molecular formula is C18H14N4O3. The van der Waals surface area contributed by atoms with Crippen molar-refractivity contribution in [2.75, 3.05) is 6.61 Å². The largest absolute Gasteiger partial charge is 0.460 e. The van der Waals surface area contributed by atoms with Crippen LogP contribution in [0.15, 0.2) is 65.8 Å². The molecule has 0 amide bonds. The summed E-state index contributed by atoms with van der Waals surface area (Å²) < 4.78 is 8.03. The SMILES string of the molecule is O=C(OCCn1nc2ccccn2c1=O)c1cncc2ccccc12. The van der Waals surface area contributed by atoms with Gasteiger partial charge in [-0.3, -0.25) is 9.38 Å². The first-order valence-electron chi connectivity index (χ1n) is 7.78. The third-order valence-electron chi connectivity index (χ3n) is 3.91. The molecule has 0 radical (unpaired) electrons. The van der Waals surface area contributed by atoms with Crippen molar-refractivity contribution >= 4 is 22.4 Å². The minimum absolute atomic E-state index is 0.0475. The zero-order chi connectivity index (χ0) is 17.2. The Bertz CT molecular complexity index is 1120. The van der Waals surface area contributed by atoms with Crippen molar-refractivity contribution in [1.82, 2.24) is 19.2 Å². The van der Waals surface area contributed by atoms with Gasteiger partial charge >= 0.3 is 11.7 Å². The Morgan fingerprint density at radius 2 is 1.92 bits per heavy atom. The number of hydrogen-bond acceptors (Lipinski definition) is 5. The number of fused-ring (bicyclic) bond motifs is 2. The van der Waals surface area contributed by atoms with Crippen LogP contribution >= 0.6 is 0 Å². The van der Waals surface area contributed by atoms with Gasteiger partial charge in [0.25, 0.3) is 0 Å². The summed E-state index contributed by atoms with van der Waals surface area (Å²) in [6.07, 6.45) is 4.83. The average molecular weight is 334 g/mol. The maximum atomic E-state index is 12.3. The van der Waals surface area contributed by atoms with E-state index in [4.69, 9.17) is 4.74 Å². The van der Waals surface area contributed by atoms with Gasteiger partial charge in [-0.25, -0.2) is 14.3 Å². The molecular weight excluding hydrogens is 320 g/mol. The Labute approximate surface area is 142 Å². The number of carbonyl (C=O) groups is 1. The quantitative estimate of drug-likeness (QED) is 0.533. The van der Waals surface area contributed by atoms with Gasteiger partial charge in [0.2, 0.25) is 0 Å². The minimum atomic E-state index is -0.471. The van der Waals surface area contributed by atoms with E-state index in [1.54, 1.807) is 30.6 Å². The summed E-state index contributed by atoms with van der Waals surface area (Å²) in [6.45, 7) is 0.232. The van der Waals surface area contributed by atoms with E-state index in [1.165, 1.54) is 15.3 Å². The first kappa shape index (κ1) is 15.1. The third kappa shape index (κ3) is 2.76. The molecule has 7 heteroatoms. The summed E-state index contributed by atoms with van der Waals surface area (Å²) in [5.74, 6) is -0.471. The van der Waals surface area contributed by atoms with Gasteiger partial charge in [0.15, 0.2) is 5.65 Å². The molecule has 0 bridgehead atoms. The van der Waals surface area contributed by atoms with Crippen molar-refractivity contribution in [3.05, 3.63) is 77.1 Å². The molecule has 124 valence electrons. The van der Waals surface area contributed by atoms with Gasteiger partial charge in [-0.15, -0.1) is 5.10 Å². The lowest BCUT2D eigenvalue weighted by atomic mass is 10.1. The van der Waals surface area contributed by atoms with Gasteiger partial charge in [0, 0.05) is 24.0 Å². The summed E-state index contributed by atoms with van der Waals surface area (Å²) in [7, 11) is 0. The van der Waals surface area contributed by atoms with Crippen molar-refractivity contribution < 1.29 is 9.53 Å². The Kier molecular flexibility index (Phi) is 3.74. The summed E-state index contributed by atoms with van der Waals surface area (Å²) in [4.78, 5) is 28.6. The first-order valence-corrected chi connectivity index (χ1v) is 7.78. The van der Waals surface area contributed by atoms with E-state index in [0.717, 1.165) is 10.8 Å². The zero-order valence-electron chi connectivity index (χ0n) is 13.2. The molecule has 3 aromatic heterocycles. The molecule has 1 aromatic carbocycles. The van der Waals surface area contributed by atoms with Crippen LogP contribution in [0.4, 0.5) is 0 Å². The van der Waals surface area contributed by atoms with E-state index in [-0.39, 0.29) is 18.8 Å². The number of hydrogen-bond donors (Lipinski definition) is 0. The van der Waals surface area contributed by atoms with Gasteiger partial charge in [0.05, 0.1) is 12.1 Å². The fourth-order valence-electron chi connectivity index (χ4n) is 2.70. The molecule has 0 aliphatic heterocycles. The molecule has 0 fully saturated rings. The molecule has 7 nitrogen and oxygen atoms in total. The fraction of sp³-hybridized carbons (Fsp3) is 0.111. The van der Waals surface area contributed by atoms with Crippen molar-refractivity contribution in [2.24, 2.45) is 0 Å². The summed E-state index contributed by atoms with van der Waals surface area (Å²) >= 11 is 0. The highest BCUT2D eigenvalue weighted by atomic mass is 16.5. The van der Waals surface area contributed by atoms with Crippen molar-refractivity contribution in [1.29, 1.82) is 0 Å². The van der Waals surface area contributed by atoms with Crippen LogP contribution in [0, 0.1) is 0 Å². The van der Waals surface area contributed by atoms with Crippen LogP contribution in [0.25, 0.3) is 16.4 Å². The molecule has 25 heavy (non-hydrogen) atoms. The molecule has 0 saturated heterocycles. The Morgan fingerprint density at radius 1 is 1.08 bits per heavy atom. The number of carbonyl (C=O) groups excluding carboxylic acids is 1. The molecule has 0 atom stereocenters. The van der Waals surface area contributed by atoms with Gasteiger partial charge in [-0.2, -0.15) is 0 Å². The molecule has 0 spiro atoms. The third-order valence-corrected chi connectivity index (χ3v) is 3.91. The van der Waals surface area contributed by atoms with E-state index in [0.29, 0.717) is 11.2 Å². The predicted octanol–water partition coefficient (Wildman–Crippen LogP) is 1.90. The number of ether oxygens (including phenoxy) is 1. The predicted molar refractivity (Wildman–Crippen MR) is 91.5 cm³/mol. The smallest absolute Gasteiger partial charge is 0.350 e. The van der Waals surface area contributed by atoms with Crippen molar-refractivity contribution in [2.45, 2.75) is 6.54 Å². The summed E-state index contributed by atoms with van der Waals surface area (Å²) in [6, 6.07) is 12.8. The van der Waals surface area contributed by atoms with Gasteiger partial charge < -0.3 is 4.74 Å². The molecule has 0 aliphatic rings. The number of aromatic nitrogens is 4. The summed E-state index contributed by atoms with van der Waals surface area (Å²) in [5.41, 5.74) is 0.691. The van der Waals surface area contributed by atoms with E-state index >= 15 is 0 Å². The molecule has 4 rings (SSSR count). The Balaban J connectivity index is 1.50. The van der Waals surface area contributed by atoms with E-state index < -0.39 is 5.97 Å². The van der Waals surface area contributed by atoms with Crippen LogP contribution in [0.2, 0.25) is 0 Å². The van der Waals surface area contributed by atoms with Crippen LogP contribution < -0.4 is 5.69 Å². The minimum Gasteiger partial charge on any atom is -0.460 e. The summed E-state index contributed by atoms with van der Waals surface area (Å²) in [5, 5.41) is 5.85. The van der Waals surface area contributed by atoms with Crippen LogP contribution in [0.5, 0.6) is 0 Å². The maximum absolute atomic E-state index is 12.3. The topological polar surface area (TPSA) is 78.5 Å². The van der Waals surface area contributed by atoms with Gasteiger partial charge in [-0.05, 0) is 17.5 Å². The fourth-order valence-corrected chi connectivity index (χ4v) is 2.70. The lowest BCUT2D eigenvalue weighted by Gasteiger charge is -2.06. The monoisotopic (exact) mass is 334 g/mol. The van der Waals surface area contributed by atoms with Crippen LogP contribution in [-0.4, -0.2) is 31.7 Å². The molecule has 0 aliphatic carbocycles. The number of esters is 1. The molecule has 4 aromatic rings. The van der Waals surface area contributed by atoms with Gasteiger partial charge in [-0.1, -0.05) is 30.3 Å². The highest BCUT2D eigenvalue weighted by molar-refractivity contribution is 6.03. The second-order valence-corrected chi connectivity index (χ2v) is 5.48. The lowest BCUT2D eigenvalue weighted by Crippen LogP contribution is -2.24. The van der Waals surface area contributed by atoms with Crippen LogP contribution in [0.3, 0.4) is 0 Å². The highest BCUT2D eigenvalue weighted by Gasteiger charge is 2.12. The molecule has 0 saturated carbocycles.